The zero-order valence-electron chi connectivity index (χ0n) is 15.6. The predicted octanol–water partition coefficient (Wildman–Crippen LogP) is 3.80. The molecule has 0 radical (unpaired) electrons. The number of fused-ring (bicyclic) bond motifs is 5. The minimum atomic E-state index is -0.403. The molecule has 4 rings (SSSR count). The van der Waals surface area contributed by atoms with E-state index in [9.17, 15) is 4.79 Å². The number of piperidine rings is 1. The number of hydrogen-bond donors (Lipinski definition) is 1. The van der Waals surface area contributed by atoms with Crippen LogP contribution in [0.2, 0.25) is 0 Å². The van der Waals surface area contributed by atoms with Crippen LogP contribution in [0.3, 0.4) is 0 Å². The molecule has 4 fully saturated rings. The van der Waals surface area contributed by atoms with Gasteiger partial charge in [-0.2, -0.15) is 0 Å². The number of rotatable bonds is 2. The van der Waals surface area contributed by atoms with Gasteiger partial charge in [0, 0.05) is 25.2 Å². The van der Waals surface area contributed by atoms with E-state index >= 15 is 0 Å². The van der Waals surface area contributed by atoms with Crippen LogP contribution < -0.4 is 5.32 Å². The third-order valence-corrected chi connectivity index (χ3v) is 6.95. The molecular formula is C20H34N2O2. The topological polar surface area (TPSA) is 41.6 Å². The van der Waals surface area contributed by atoms with E-state index in [-0.39, 0.29) is 6.09 Å². The Bertz CT molecular complexity index is 487. The van der Waals surface area contributed by atoms with E-state index in [2.05, 4.69) is 5.32 Å². The van der Waals surface area contributed by atoms with Gasteiger partial charge in [-0.15, -0.1) is 0 Å². The van der Waals surface area contributed by atoms with Crippen LogP contribution in [0.1, 0.15) is 65.7 Å². The van der Waals surface area contributed by atoms with Crippen molar-refractivity contribution in [3.63, 3.8) is 0 Å². The highest BCUT2D eigenvalue weighted by Crippen LogP contribution is 2.58. The molecule has 6 atom stereocenters. The van der Waals surface area contributed by atoms with Gasteiger partial charge in [0.2, 0.25) is 0 Å². The third kappa shape index (κ3) is 3.18. The lowest BCUT2D eigenvalue weighted by Gasteiger charge is -2.39. The van der Waals surface area contributed by atoms with Crippen molar-refractivity contribution in [2.24, 2.45) is 23.7 Å². The van der Waals surface area contributed by atoms with Crippen molar-refractivity contribution in [2.45, 2.75) is 83.4 Å². The molecule has 2 bridgehead atoms. The molecule has 0 aromatic rings. The molecule has 4 heteroatoms. The Morgan fingerprint density at radius 1 is 1.04 bits per heavy atom. The largest absolute Gasteiger partial charge is 0.444 e. The maximum absolute atomic E-state index is 12.3. The van der Waals surface area contributed by atoms with Crippen molar-refractivity contribution in [1.29, 1.82) is 0 Å². The maximum atomic E-state index is 12.3. The Morgan fingerprint density at radius 3 is 2.62 bits per heavy atom. The summed E-state index contributed by atoms with van der Waals surface area (Å²) in [7, 11) is 0. The molecule has 3 aliphatic carbocycles. The minimum Gasteiger partial charge on any atom is -0.444 e. The fourth-order valence-electron chi connectivity index (χ4n) is 6.17. The predicted molar refractivity (Wildman–Crippen MR) is 94.8 cm³/mol. The number of carbonyl (C=O) groups excluding carboxylic acids is 1. The number of nitrogens with zero attached hydrogens (tertiary/aromatic N) is 1. The quantitative estimate of drug-likeness (QED) is 0.835. The fourth-order valence-corrected chi connectivity index (χ4v) is 6.17. The summed E-state index contributed by atoms with van der Waals surface area (Å²) in [6.45, 7) is 7.49. The first-order valence-electron chi connectivity index (χ1n) is 10.1. The summed E-state index contributed by atoms with van der Waals surface area (Å²) in [5.74, 6) is 3.97. The summed E-state index contributed by atoms with van der Waals surface area (Å²) >= 11 is 0. The summed E-state index contributed by atoms with van der Waals surface area (Å²) in [6.07, 6.45) is 9.42. The molecule has 4 nitrogen and oxygen atoms in total. The monoisotopic (exact) mass is 334 g/mol. The van der Waals surface area contributed by atoms with Gasteiger partial charge in [-0.05, 0) is 83.0 Å². The van der Waals surface area contributed by atoms with E-state index in [4.69, 9.17) is 4.74 Å². The second-order valence-electron chi connectivity index (χ2n) is 9.69. The second kappa shape index (κ2) is 6.19. The average molecular weight is 335 g/mol. The highest BCUT2D eigenvalue weighted by molar-refractivity contribution is 5.68. The lowest BCUT2D eigenvalue weighted by molar-refractivity contribution is 0.0176. The number of carbonyl (C=O) groups is 1. The first kappa shape index (κ1) is 16.7. The SMILES string of the molecule is CC(C)(C)OC(=O)N1CCCC(NC2CC3CC2C2CCCC32)C1. The Hall–Kier alpha value is -0.770. The van der Waals surface area contributed by atoms with Gasteiger partial charge in [0.25, 0.3) is 0 Å². The zero-order chi connectivity index (χ0) is 16.9. The van der Waals surface area contributed by atoms with Crippen LogP contribution in [0.15, 0.2) is 0 Å². The second-order valence-corrected chi connectivity index (χ2v) is 9.69. The van der Waals surface area contributed by atoms with Gasteiger partial charge in [-0.25, -0.2) is 4.79 Å². The van der Waals surface area contributed by atoms with Gasteiger partial charge in [0.1, 0.15) is 5.60 Å². The number of nitrogens with one attached hydrogen (secondary N) is 1. The van der Waals surface area contributed by atoms with Crippen LogP contribution in [0.4, 0.5) is 4.79 Å². The zero-order valence-corrected chi connectivity index (χ0v) is 15.6. The van der Waals surface area contributed by atoms with Crippen molar-refractivity contribution in [3.8, 4) is 0 Å². The smallest absolute Gasteiger partial charge is 0.410 e. The van der Waals surface area contributed by atoms with Gasteiger partial charge >= 0.3 is 6.09 Å². The molecule has 24 heavy (non-hydrogen) atoms. The Kier molecular flexibility index (Phi) is 4.30. The molecule has 1 aliphatic heterocycles. The van der Waals surface area contributed by atoms with E-state index in [1.165, 1.54) is 38.5 Å². The van der Waals surface area contributed by atoms with Crippen LogP contribution in [0.5, 0.6) is 0 Å². The van der Waals surface area contributed by atoms with E-state index in [1.54, 1.807) is 0 Å². The van der Waals surface area contributed by atoms with Crippen LogP contribution in [0, 0.1) is 23.7 Å². The van der Waals surface area contributed by atoms with Crippen molar-refractivity contribution in [2.75, 3.05) is 13.1 Å². The molecule has 3 saturated carbocycles. The maximum Gasteiger partial charge on any atom is 0.410 e. The van der Waals surface area contributed by atoms with Crippen molar-refractivity contribution >= 4 is 6.09 Å². The molecule has 136 valence electrons. The van der Waals surface area contributed by atoms with Crippen LogP contribution in [0.25, 0.3) is 0 Å². The molecule has 6 unspecified atom stereocenters. The lowest BCUT2D eigenvalue weighted by atomic mass is 9.79. The van der Waals surface area contributed by atoms with Gasteiger partial charge in [-0.3, -0.25) is 0 Å². The van der Waals surface area contributed by atoms with Crippen molar-refractivity contribution < 1.29 is 9.53 Å². The summed E-state index contributed by atoms with van der Waals surface area (Å²) in [4.78, 5) is 14.3. The van der Waals surface area contributed by atoms with Gasteiger partial charge in [0.05, 0.1) is 0 Å². The normalized spacial score (nSPS) is 41.5. The molecular weight excluding hydrogens is 300 g/mol. The Morgan fingerprint density at radius 2 is 1.83 bits per heavy atom. The van der Waals surface area contributed by atoms with Crippen molar-refractivity contribution in [1.82, 2.24) is 10.2 Å². The molecule has 0 aromatic carbocycles. The van der Waals surface area contributed by atoms with Crippen molar-refractivity contribution in [3.05, 3.63) is 0 Å². The fraction of sp³-hybridized carbons (Fsp3) is 0.950. The summed E-state index contributed by atoms with van der Waals surface area (Å²) in [5, 5.41) is 3.96. The standard InChI is InChI=1S/C20H34N2O2/c1-20(2,3)24-19(23)22-9-5-6-14(12-22)21-18-11-13-10-17(18)16-8-4-7-15(13)16/h13-18,21H,4-12H2,1-3H3. The molecule has 1 amide bonds. The molecule has 1 N–H and O–H groups in total. The molecule has 1 saturated heterocycles. The van der Waals surface area contributed by atoms with E-state index < -0.39 is 5.60 Å². The number of likely N-dealkylation sites (tertiary alicyclic amines) is 1. The van der Waals surface area contributed by atoms with Gasteiger partial charge in [0.15, 0.2) is 0 Å². The van der Waals surface area contributed by atoms with E-state index in [0.717, 1.165) is 43.2 Å². The van der Waals surface area contributed by atoms with Gasteiger partial charge < -0.3 is 15.0 Å². The minimum absolute atomic E-state index is 0.141. The van der Waals surface area contributed by atoms with Crippen LogP contribution >= 0.6 is 0 Å². The molecule has 0 aromatic heterocycles. The highest BCUT2D eigenvalue weighted by atomic mass is 16.6. The summed E-state index contributed by atoms with van der Waals surface area (Å²) in [5.41, 5.74) is -0.403. The molecule has 4 aliphatic rings. The molecule has 1 heterocycles. The summed E-state index contributed by atoms with van der Waals surface area (Å²) < 4.78 is 5.56. The first-order chi connectivity index (χ1) is 11.4. The number of amides is 1. The third-order valence-electron chi connectivity index (χ3n) is 6.95. The van der Waals surface area contributed by atoms with Gasteiger partial charge in [-0.1, -0.05) is 6.42 Å². The lowest BCUT2D eigenvalue weighted by Crippen LogP contribution is -2.53. The van der Waals surface area contributed by atoms with Crippen LogP contribution in [-0.4, -0.2) is 41.8 Å². The van der Waals surface area contributed by atoms with E-state index in [1.807, 2.05) is 25.7 Å². The first-order valence-corrected chi connectivity index (χ1v) is 10.1. The van der Waals surface area contributed by atoms with E-state index in [0.29, 0.717) is 12.1 Å². The number of hydrogen-bond acceptors (Lipinski definition) is 3. The highest BCUT2D eigenvalue weighted by Gasteiger charge is 2.53. The number of ether oxygens (including phenoxy) is 1. The molecule has 0 spiro atoms. The summed E-state index contributed by atoms with van der Waals surface area (Å²) in [6, 6.07) is 1.16. The van der Waals surface area contributed by atoms with Crippen LogP contribution in [-0.2, 0) is 4.74 Å². The Labute approximate surface area is 146 Å². The Balaban J connectivity index is 1.32. The average Bonchev–Trinajstić information content (AvgIpc) is 3.18.